The Morgan fingerprint density at radius 3 is 0.733 bits per heavy atom. The summed E-state index contributed by atoms with van der Waals surface area (Å²) in [5.74, 6) is -5.13. The van der Waals surface area contributed by atoms with Crippen molar-refractivity contribution >= 4 is 59.9 Å². The van der Waals surface area contributed by atoms with Gasteiger partial charge in [0.25, 0.3) is 23.6 Å². The van der Waals surface area contributed by atoms with Crippen LogP contribution >= 0.6 is 0 Å². The fraction of sp³-hybridized carbons (Fsp3) is 0.317. The molecule has 150 heavy (non-hydrogen) atoms. The van der Waals surface area contributed by atoms with Crippen molar-refractivity contribution in [3.63, 3.8) is 0 Å². The van der Waals surface area contributed by atoms with Gasteiger partial charge in [-0.3, -0.25) is 19.2 Å². The van der Waals surface area contributed by atoms with E-state index < -0.39 is 107 Å². The van der Waals surface area contributed by atoms with Gasteiger partial charge in [-0.15, -0.1) is 0 Å². The Morgan fingerprint density at radius 2 is 0.487 bits per heavy atom. The molecule has 12 aromatic carbocycles. The zero-order chi connectivity index (χ0) is 107. The molecule has 1 aliphatic rings. The third kappa shape index (κ3) is 37.0. The highest BCUT2D eigenvalue weighted by Gasteiger charge is 2.38. The number of ether oxygens (including phenoxy) is 12. The van der Waals surface area contributed by atoms with Crippen LogP contribution < -0.4 is 42.5 Å². The number of benzene rings is 12. The lowest BCUT2D eigenvalue weighted by Gasteiger charge is -2.34. The van der Waals surface area contributed by atoms with Crippen LogP contribution in [0.4, 0.5) is 19.2 Å². The van der Waals surface area contributed by atoms with Crippen molar-refractivity contribution < 1.29 is 105 Å². The number of esters is 2. The predicted octanol–water partition coefficient (Wildman–Crippen LogP) is 20.2. The van der Waals surface area contributed by atoms with Crippen LogP contribution in [-0.2, 0) is 149 Å². The number of amides is 8. The van der Waals surface area contributed by atoms with Crippen molar-refractivity contribution in [1.82, 2.24) is 42.5 Å². The number of carbonyl (C=O) groups is 10. The van der Waals surface area contributed by atoms with Crippen molar-refractivity contribution in [3.05, 3.63) is 402 Å². The lowest BCUT2D eigenvalue weighted by Crippen LogP contribution is -2.58. The minimum absolute atomic E-state index is 0.0614. The molecule has 0 radical (unpaired) electrons. The third-order valence-corrected chi connectivity index (χ3v) is 22.9. The van der Waals surface area contributed by atoms with Gasteiger partial charge in [0.05, 0.1) is 90.4 Å². The molecule has 784 valence electrons. The van der Waals surface area contributed by atoms with Crippen molar-refractivity contribution in [2.75, 3.05) is 39.6 Å². The number of hydrogen-bond acceptors (Lipinski definition) is 22. The molecule has 1 aliphatic heterocycles. The van der Waals surface area contributed by atoms with E-state index in [0.717, 1.165) is 33.4 Å². The maximum absolute atomic E-state index is 16.0. The maximum atomic E-state index is 16.0. The predicted molar refractivity (Wildman–Crippen MR) is 566 cm³/mol. The molecule has 8 N–H and O–H groups in total. The monoisotopic (exact) mass is 2040 g/mol. The first kappa shape index (κ1) is 111. The van der Waals surface area contributed by atoms with Gasteiger partial charge in [0.2, 0.25) is 0 Å². The standard InChI is InChI=1S/C120H132N8O22/c1-115(2,3)147-111(135)123-63-87-43-88(64-124-112(136)148-116(4,5)6)48-95(47-87)97-51-91-45-93(53-97)73-145-109(133)103-58-102(108(132)128-120(78-142-70-84-37-25-16-26-38-84,79-143-71-85-39-27-17-28-40-85)80-144-72-86-41-29-18-30-42-86)59-104(60-103)110(134)146-74-94-46-92(52-98(54-94)96-49-89(65-125-113(137)149-117(7,8)9)44-90(50-96)66-126-114(138)150-118(10,11)12)62-122-106(130)100-55-99(105(129)121-61-91)56-101(57-100)107(131)127-119(75-139-67-81-31-19-13-20-32-81,76-140-68-82-33-21-14-22-34-82)77-141-69-83-35-23-15-24-36-83/h13-60H,61-80H2,1-12H3,(H,121,129)(H,122,130)(H,123,135)(H,124,136)(H,125,137)(H,126,138)(H,127,131)(H,128,132). The van der Waals surface area contributed by atoms with Crippen LogP contribution in [0.2, 0.25) is 0 Å². The van der Waals surface area contributed by atoms with Crippen molar-refractivity contribution in [3.8, 4) is 22.3 Å². The van der Waals surface area contributed by atoms with E-state index in [1.54, 1.807) is 156 Å². The number of cyclic esters (lactones) is 2. The van der Waals surface area contributed by atoms with Gasteiger partial charge in [-0.2, -0.15) is 0 Å². The summed E-state index contributed by atoms with van der Waals surface area (Å²) in [5, 5.41) is 23.9. The van der Waals surface area contributed by atoms with Gasteiger partial charge in [-0.1, -0.05) is 206 Å². The van der Waals surface area contributed by atoms with Crippen LogP contribution in [0.5, 0.6) is 0 Å². The maximum Gasteiger partial charge on any atom is 0.407 e. The lowest BCUT2D eigenvalue weighted by molar-refractivity contribution is -0.0474. The van der Waals surface area contributed by atoms with Gasteiger partial charge in [0.1, 0.15) is 46.7 Å². The smallest absolute Gasteiger partial charge is 0.407 e. The summed E-state index contributed by atoms with van der Waals surface area (Å²) < 4.78 is 74.6. The second kappa shape index (κ2) is 52.8. The van der Waals surface area contributed by atoms with Gasteiger partial charge in [-0.05, 0) is 268 Å². The van der Waals surface area contributed by atoms with Gasteiger partial charge in [0, 0.05) is 61.5 Å². The second-order valence-corrected chi connectivity index (χ2v) is 41.0. The van der Waals surface area contributed by atoms with Gasteiger partial charge >= 0.3 is 36.3 Å². The van der Waals surface area contributed by atoms with E-state index in [1.807, 2.05) is 182 Å². The summed E-state index contributed by atoms with van der Waals surface area (Å²) in [5.41, 5.74) is 3.05. The van der Waals surface area contributed by atoms with Crippen LogP contribution in [0.1, 0.15) is 223 Å². The SMILES string of the molecule is CC(C)(C)OC(=O)NCc1cc(CNC(=O)OC(C)(C)C)cc(-c2cc3cc(c2)COC(=O)c2cc(C(=O)NC(COCc4ccccc4)(COCc4ccccc4)COCc4ccccc4)cc(c2)C(=O)OCc2cc(cc(-c4cc(CNC(=O)OC(C)(C)C)cc(CNC(=O)OC(C)(C)C)c4)c2)CNC(=O)c2cc(cc(C(=O)NC(COCc4ccccc4)(COCc4ccccc4)COCc4ccccc4)c2)C(=O)NC3)c1. The van der Waals surface area contributed by atoms with E-state index in [0.29, 0.717) is 66.8 Å². The van der Waals surface area contributed by atoms with Crippen molar-refractivity contribution in [1.29, 1.82) is 0 Å². The number of alkyl carbamates (subject to hydrolysis) is 4. The number of hydrogen-bond donors (Lipinski definition) is 8. The Morgan fingerprint density at radius 1 is 0.260 bits per heavy atom. The molecule has 0 saturated heterocycles. The average Bonchev–Trinajstić information content (AvgIpc) is 0.809. The molecule has 0 spiro atoms. The minimum atomic E-state index is -1.50. The lowest BCUT2D eigenvalue weighted by atomic mass is 9.96. The molecular formula is C120H132N8O22. The Labute approximate surface area is 875 Å². The van der Waals surface area contributed by atoms with E-state index in [9.17, 15) is 19.2 Å². The first-order valence-corrected chi connectivity index (χ1v) is 49.7. The Bertz CT molecular complexity index is 5790. The normalized spacial score (nSPS) is 12.8. The fourth-order valence-corrected chi connectivity index (χ4v) is 16.2. The van der Waals surface area contributed by atoms with E-state index in [-0.39, 0.29) is 152 Å². The first-order chi connectivity index (χ1) is 71.7. The highest BCUT2D eigenvalue weighted by Crippen LogP contribution is 2.32. The first-order valence-electron chi connectivity index (χ1n) is 49.7. The van der Waals surface area contributed by atoms with Crippen LogP contribution in [0.15, 0.2) is 291 Å². The Balaban J connectivity index is 0.947. The topological polar surface area (TPSA) is 378 Å². The zero-order valence-electron chi connectivity index (χ0n) is 86.8. The molecule has 13 rings (SSSR count). The molecule has 30 heteroatoms. The number of fused-ring (bicyclic) bond motifs is 8. The van der Waals surface area contributed by atoms with Crippen LogP contribution in [0.3, 0.4) is 0 Å². The number of carbonyl (C=O) groups excluding carboxylic acids is 10. The molecule has 8 bridgehead atoms. The molecule has 0 fully saturated rings. The summed E-state index contributed by atoms with van der Waals surface area (Å²) in [6, 6.07) is 85.9. The molecule has 8 amide bonds. The summed E-state index contributed by atoms with van der Waals surface area (Å²) in [6.45, 7) is 18.6. The second-order valence-electron chi connectivity index (χ2n) is 41.0. The molecule has 0 atom stereocenters. The molecule has 0 saturated carbocycles. The average molecular weight is 2040 g/mol. The van der Waals surface area contributed by atoms with E-state index >= 15 is 28.8 Å². The van der Waals surface area contributed by atoms with Crippen molar-refractivity contribution in [2.45, 2.75) is 209 Å². The molecule has 30 nitrogen and oxygen atoms in total. The highest BCUT2D eigenvalue weighted by atomic mass is 16.6. The van der Waals surface area contributed by atoms with Gasteiger partial charge < -0.3 is 99.4 Å². The van der Waals surface area contributed by atoms with Crippen LogP contribution in [0.25, 0.3) is 22.3 Å². The summed E-state index contributed by atoms with van der Waals surface area (Å²) in [4.78, 5) is 148. The molecule has 0 aliphatic carbocycles. The van der Waals surface area contributed by atoms with Gasteiger partial charge in [-0.25, -0.2) is 28.8 Å². The van der Waals surface area contributed by atoms with E-state index in [4.69, 9.17) is 56.8 Å². The zero-order valence-corrected chi connectivity index (χ0v) is 86.8. The highest BCUT2D eigenvalue weighted by molar-refractivity contribution is 6.05. The molecule has 1 heterocycles. The number of nitrogens with one attached hydrogen (secondary N) is 8. The van der Waals surface area contributed by atoms with Gasteiger partial charge in [0.15, 0.2) is 0 Å². The number of rotatable bonds is 38. The van der Waals surface area contributed by atoms with Crippen LogP contribution in [-0.4, -0.2) is 133 Å². The molecule has 0 unspecified atom stereocenters. The van der Waals surface area contributed by atoms with E-state index in [2.05, 4.69) is 42.5 Å². The summed E-state index contributed by atoms with van der Waals surface area (Å²) in [7, 11) is 0. The summed E-state index contributed by atoms with van der Waals surface area (Å²) in [6.07, 6.45) is -2.82. The Kier molecular flexibility index (Phi) is 39.2. The van der Waals surface area contributed by atoms with Crippen LogP contribution in [0, 0.1) is 0 Å². The largest absolute Gasteiger partial charge is 0.457 e. The third-order valence-electron chi connectivity index (χ3n) is 22.9. The fourth-order valence-electron chi connectivity index (χ4n) is 16.2. The Hall–Kier alpha value is -15.7. The minimum Gasteiger partial charge on any atom is -0.457 e. The molecule has 12 aromatic rings. The summed E-state index contributed by atoms with van der Waals surface area (Å²) >= 11 is 0. The van der Waals surface area contributed by atoms with Crippen molar-refractivity contribution in [2.24, 2.45) is 0 Å². The quantitative estimate of drug-likeness (QED) is 0.0132. The van der Waals surface area contributed by atoms with E-state index in [1.165, 1.54) is 36.4 Å². The molecular weight excluding hydrogens is 1910 g/mol. The molecule has 0 aromatic heterocycles.